The van der Waals surface area contributed by atoms with E-state index in [-0.39, 0.29) is 0 Å². The molecule has 7 nitrogen and oxygen atoms in total. The molecule has 100 valence electrons. The minimum absolute atomic E-state index is 0.417. The molecular formula is C12H15N5O2. The zero-order chi connectivity index (χ0) is 14.0. The highest BCUT2D eigenvalue weighted by molar-refractivity contribution is 5.76. The quantitative estimate of drug-likeness (QED) is 0.858. The van der Waals surface area contributed by atoms with Gasteiger partial charge in [0.15, 0.2) is 5.82 Å². The molecule has 0 aliphatic carbocycles. The maximum Gasteiger partial charge on any atom is 0.325 e. The number of carboxylic acid groups (broad SMARTS) is 1. The molecule has 0 aliphatic heterocycles. The Bertz CT molecular complexity index is 591. The van der Waals surface area contributed by atoms with E-state index in [9.17, 15) is 4.79 Å². The van der Waals surface area contributed by atoms with E-state index in [1.165, 1.54) is 0 Å². The predicted octanol–water partition coefficient (Wildman–Crippen LogP) is 1.16. The first-order valence-corrected chi connectivity index (χ1v) is 5.84. The second-order valence-corrected chi connectivity index (χ2v) is 4.32. The topological polar surface area (TPSA) is 92.9 Å². The predicted molar refractivity (Wildman–Crippen MR) is 69.3 cm³/mol. The SMILES string of the molecule is Cc1cc(C)n(-c2ccc(N[C@@H](C)C(=O)O)nn2)n1. The average molecular weight is 261 g/mol. The molecule has 0 unspecified atom stereocenters. The number of carboxylic acids is 1. The summed E-state index contributed by atoms with van der Waals surface area (Å²) in [6.45, 7) is 5.38. The first-order chi connectivity index (χ1) is 8.97. The Labute approximate surface area is 110 Å². The van der Waals surface area contributed by atoms with Gasteiger partial charge in [-0.2, -0.15) is 5.10 Å². The molecule has 2 aromatic heterocycles. The van der Waals surface area contributed by atoms with E-state index in [2.05, 4.69) is 20.6 Å². The third-order valence-corrected chi connectivity index (χ3v) is 2.61. The van der Waals surface area contributed by atoms with Crippen molar-refractivity contribution in [2.45, 2.75) is 26.8 Å². The van der Waals surface area contributed by atoms with Crippen LogP contribution in [0.4, 0.5) is 5.82 Å². The maximum atomic E-state index is 10.7. The van der Waals surface area contributed by atoms with E-state index in [1.807, 2.05) is 19.9 Å². The standard InChI is InChI=1S/C12H15N5O2/c1-7-6-8(2)17(16-7)11-5-4-10(14-15-11)13-9(3)12(18)19/h4-6,9H,1-3H3,(H,13,14)(H,18,19)/t9-/m0/s1. The molecule has 19 heavy (non-hydrogen) atoms. The summed E-state index contributed by atoms with van der Waals surface area (Å²) in [5.74, 6) is 0.0729. The summed E-state index contributed by atoms with van der Waals surface area (Å²) in [7, 11) is 0. The normalized spacial score (nSPS) is 12.2. The van der Waals surface area contributed by atoms with Gasteiger partial charge in [-0.3, -0.25) is 4.79 Å². The summed E-state index contributed by atoms with van der Waals surface area (Å²) in [4.78, 5) is 10.7. The van der Waals surface area contributed by atoms with Crippen LogP contribution in [0, 0.1) is 13.8 Å². The summed E-state index contributed by atoms with van der Waals surface area (Å²) >= 11 is 0. The van der Waals surface area contributed by atoms with Gasteiger partial charge < -0.3 is 10.4 Å². The number of carbonyl (C=O) groups is 1. The van der Waals surface area contributed by atoms with Crippen LogP contribution in [0.15, 0.2) is 18.2 Å². The van der Waals surface area contributed by atoms with Crippen molar-refractivity contribution in [1.82, 2.24) is 20.0 Å². The number of aromatic nitrogens is 4. The maximum absolute atomic E-state index is 10.7. The molecule has 0 aromatic carbocycles. The fraction of sp³-hybridized carbons (Fsp3) is 0.333. The molecular weight excluding hydrogens is 246 g/mol. The van der Waals surface area contributed by atoms with E-state index in [0.29, 0.717) is 11.6 Å². The Morgan fingerprint density at radius 1 is 1.37 bits per heavy atom. The van der Waals surface area contributed by atoms with Crippen LogP contribution in [-0.4, -0.2) is 37.1 Å². The highest BCUT2D eigenvalue weighted by Gasteiger charge is 2.11. The van der Waals surface area contributed by atoms with E-state index in [4.69, 9.17) is 5.11 Å². The minimum Gasteiger partial charge on any atom is -0.480 e. The van der Waals surface area contributed by atoms with Crippen LogP contribution in [0.5, 0.6) is 0 Å². The van der Waals surface area contributed by atoms with E-state index in [0.717, 1.165) is 11.4 Å². The van der Waals surface area contributed by atoms with Crippen molar-refractivity contribution in [3.63, 3.8) is 0 Å². The van der Waals surface area contributed by atoms with E-state index in [1.54, 1.807) is 23.7 Å². The molecule has 2 N–H and O–H groups in total. The lowest BCUT2D eigenvalue weighted by atomic mass is 10.3. The Morgan fingerprint density at radius 2 is 2.11 bits per heavy atom. The number of aryl methyl sites for hydroxylation is 2. The van der Waals surface area contributed by atoms with E-state index >= 15 is 0 Å². The Kier molecular flexibility index (Phi) is 3.46. The zero-order valence-electron chi connectivity index (χ0n) is 11.0. The van der Waals surface area contributed by atoms with Crippen LogP contribution in [0.3, 0.4) is 0 Å². The third-order valence-electron chi connectivity index (χ3n) is 2.61. The Balaban J connectivity index is 2.19. The number of rotatable bonds is 4. The molecule has 2 aromatic rings. The fourth-order valence-corrected chi connectivity index (χ4v) is 1.66. The van der Waals surface area contributed by atoms with Crippen molar-refractivity contribution in [3.05, 3.63) is 29.6 Å². The monoisotopic (exact) mass is 261 g/mol. The van der Waals surface area contributed by atoms with Gasteiger partial charge in [0.1, 0.15) is 11.9 Å². The molecule has 0 saturated heterocycles. The van der Waals surface area contributed by atoms with Gasteiger partial charge in [0, 0.05) is 5.69 Å². The fourth-order valence-electron chi connectivity index (χ4n) is 1.66. The van der Waals surface area contributed by atoms with Crippen molar-refractivity contribution in [3.8, 4) is 5.82 Å². The zero-order valence-corrected chi connectivity index (χ0v) is 11.0. The lowest BCUT2D eigenvalue weighted by Crippen LogP contribution is -2.26. The lowest BCUT2D eigenvalue weighted by Gasteiger charge is -2.09. The first kappa shape index (κ1) is 13.0. The van der Waals surface area contributed by atoms with Gasteiger partial charge in [-0.25, -0.2) is 4.68 Å². The number of hydrogen-bond donors (Lipinski definition) is 2. The number of anilines is 1. The number of hydrogen-bond acceptors (Lipinski definition) is 5. The summed E-state index contributed by atoms with van der Waals surface area (Å²) in [6.07, 6.45) is 0. The summed E-state index contributed by atoms with van der Waals surface area (Å²) in [6, 6.07) is 4.65. The van der Waals surface area contributed by atoms with Gasteiger partial charge in [0.2, 0.25) is 0 Å². The Hall–Kier alpha value is -2.44. The van der Waals surface area contributed by atoms with Crippen LogP contribution in [0.2, 0.25) is 0 Å². The van der Waals surface area contributed by atoms with Gasteiger partial charge in [-0.05, 0) is 39.0 Å². The first-order valence-electron chi connectivity index (χ1n) is 5.84. The third kappa shape index (κ3) is 2.87. The molecule has 0 amide bonds. The highest BCUT2D eigenvalue weighted by Crippen LogP contribution is 2.11. The molecule has 2 rings (SSSR count). The highest BCUT2D eigenvalue weighted by atomic mass is 16.4. The van der Waals surface area contributed by atoms with Gasteiger partial charge in [-0.1, -0.05) is 0 Å². The van der Waals surface area contributed by atoms with Crippen LogP contribution in [0.25, 0.3) is 5.82 Å². The van der Waals surface area contributed by atoms with Crippen molar-refractivity contribution < 1.29 is 9.90 Å². The smallest absolute Gasteiger partial charge is 0.325 e. The van der Waals surface area contributed by atoms with Gasteiger partial charge in [-0.15, -0.1) is 10.2 Å². The van der Waals surface area contributed by atoms with Gasteiger partial charge >= 0.3 is 5.97 Å². The van der Waals surface area contributed by atoms with Crippen LogP contribution in [0.1, 0.15) is 18.3 Å². The largest absolute Gasteiger partial charge is 0.480 e. The molecule has 0 bridgehead atoms. The molecule has 0 radical (unpaired) electrons. The van der Waals surface area contributed by atoms with Crippen molar-refractivity contribution in [2.75, 3.05) is 5.32 Å². The second kappa shape index (κ2) is 5.05. The molecule has 0 spiro atoms. The van der Waals surface area contributed by atoms with Gasteiger partial charge in [0.25, 0.3) is 0 Å². The number of nitrogens with zero attached hydrogens (tertiary/aromatic N) is 4. The molecule has 7 heteroatoms. The van der Waals surface area contributed by atoms with E-state index < -0.39 is 12.0 Å². The second-order valence-electron chi connectivity index (χ2n) is 4.32. The number of nitrogens with one attached hydrogen (secondary N) is 1. The summed E-state index contributed by atoms with van der Waals surface area (Å²) in [5, 5.41) is 23.8. The number of aliphatic carboxylic acids is 1. The molecule has 2 heterocycles. The lowest BCUT2D eigenvalue weighted by molar-refractivity contribution is -0.137. The molecule has 0 fully saturated rings. The van der Waals surface area contributed by atoms with Crippen molar-refractivity contribution in [2.24, 2.45) is 0 Å². The minimum atomic E-state index is -0.940. The van der Waals surface area contributed by atoms with Gasteiger partial charge in [0.05, 0.1) is 5.69 Å². The van der Waals surface area contributed by atoms with Crippen LogP contribution in [-0.2, 0) is 4.79 Å². The molecule has 1 atom stereocenters. The van der Waals surface area contributed by atoms with Crippen molar-refractivity contribution in [1.29, 1.82) is 0 Å². The molecule has 0 saturated carbocycles. The van der Waals surface area contributed by atoms with Crippen molar-refractivity contribution >= 4 is 11.8 Å². The molecule has 0 aliphatic rings. The average Bonchev–Trinajstić information content (AvgIpc) is 2.69. The summed E-state index contributed by atoms with van der Waals surface area (Å²) in [5.41, 5.74) is 1.87. The Morgan fingerprint density at radius 3 is 2.58 bits per heavy atom. The summed E-state index contributed by atoms with van der Waals surface area (Å²) < 4.78 is 1.69. The van der Waals surface area contributed by atoms with Crippen LogP contribution < -0.4 is 5.32 Å². The van der Waals surface area contributed by atoms with Crippen LogP contribution >= 0.6 is 0 Å².